The molecule has 0 aromatic heterocycles. The molecule has 0 spiro atoms. The number of benzene rings is 1. The highest BCUT2D eigenvalue weighted by atomic mass is 16.5. The molecule has 2 N–H and O–H groups in total. The first-order valence-corrected chi connectivity index (χ1v) is 7.26. The zero-order valence-corrected chi connectivity index (χ0v) is 13.3. The second-order valence-corrected chi connectivity index (χ2v) is 5.35. The minimum atomic E-state index is -0.784. The van der Waals surface area contributed by atoms with Gasteiger partial charge in [0.25, 0.3) is 0 Å². The van der Waals surface area contributed by atoms with Gasteiger partial charge >= 0.3 is 6.09 Å². The zero-order chi connectivity index (χ0) is 16.4. The number of amides is 2. The molecule has 1 aromatic rings. The second kappa shape index (κ2) is 9.78. The quantitative estimate of drug-likeness (QED) is 0.766. The van der Waals surface area contributed by atoms with Crippen LogP contribution in [0, 0.1) is 5.92 Å². The number of hydrogen-bond acceptors (Lipinski definition) is 4. The van der Waals surface area contributed by atoms with E-state index in [0.29, 0.717) is 13.2 Å². The van der Waals surface area contributed by atoms with E-state index in [1.807, 2.05) is 44.2 Å². The van der Waals surface area contributed by atoms with E-state index >= 15 is 0 Å². The van der Waals surface area contributed by atoms with Crippen LogP contribution in [0.4, 0.5) is 4.79 Å². The Balaban J connectivity index is 2.47. The lowest BCUT2D eigenvalue weighted by atomic mass is 10.2. The Labute approximate surface area is 131 Å². The molecule has 0 aliphatic rings. The highest BCUT2D eigenvalue weighted by Crippen LogP contribution is 1.98. The monoisotopic (exact) mass is 308 g/mol. The van der Waals surface area contributed by atoms with Gasteiger partial charge in [-0.1, -0.05) is 44.2 Å². The maximum atomic E-state index is 12.1. The van der Waals surface area contributed by atoms with Crippen molar-refractivity contribution in [2.45, 2.75) is 26.4 Å². The molecule has 0 saturated heterocycles. The van der Waals surface area contributed by atoms with Crippen LogP contribution in [-0.4, -0.2) is 38.4 Å². The Morgan fingerprint density at radius 1 is 1.14 bits per heavy atom. The molecule has 1 rings (SSSR count). The third-order valence-corrected chi connectivity index (χ3v) is 2.80. The van der Waals surface area contributed by atoms with Crippen molar-refractivity contribution in [2.24, 2.45) is 5.92 Å². The maximum Gasteiger partial charge on any atom is 0.407 e. The van der Waals surface area contributed by atoms with Gasteiger partial charge in [-0.3, -0.25) is 4.79 Å². The van der Waals surface area contributed by atoms with Crippen LogP contribution >= 0.6 is 0 Å². The Kier molecular flexibility index (Phi) is 7.99. The summed E-state index contributed by atoms with van der Waals surface area (Å²) >= 11 is 0. The van der Waals surface area contributed by atoms with Gasteiger partial charge in [0.2, 0.25) is 5.91 Å². The fraction of sp³-hybridized carbons (Fsp3) is 0.500. The van der Waals surface area contributed by atoms with Gasteiger partial charge in [-0.25, -0.2) is 4.79 Å². The predicted octanol–water partition coefficient (Wildman–Crippen LogP) is 1.70. The fourth-order valence-corrected chi connectivity index (χ4v) is 1.68. The lowest BCUT2D eigenvalue weighted by molar-refractivity contribution is -0.124. The number of methoxy groups -OCH3 is 1. The molecule has 0 saturated carbocycles. The zero-order valence-electron chi connectivity index (χ0n) is 13.3. The van der Waals surface area contributed by atoms with Crippen LogP contribution < -0.4 is 10.6 Å². The topological polar surface area (TPSA) is 76.7 Å². The molecule has 122 valence electrons. The van der Waals surface area contributed by atoms with Crippen molar-refractivity contribution in [3.63, 3.8) is 0 Å². The summed E-state index contributed by atoms with van der Waals surface area (Å²) < 4.78 is 9.98. The van der Waals surface area contributed by atoms with E-state index < -0.39 is 12.1 Å². The number of ether oxygens (including phenoxy) is 2. The molecule has 1 aromatic carbocycles. The van der Waals surface area contributed by atoms with Crippen molar-refractivity contribution >= 4 is 12.0 Å². The summed E-state index contributed by atoms with van der Waals surface area (Å²) in [6.45, 7) is 4.65. The van der Waals surface area contributed by atoms with Crippen LogP contribution in [0.3, 0.4) is 0 Å². The van der Waals surface area contributed by atoms with Gasteiger partial charge in [0.05, 0.1) is 13.2 Å². The van der Waals surface area contributed by atoms with Gasteiger partial charge in [-0.05, 0) is 11.5 Å². The standard InChI is InChI=1S/C16H24N2O4/c1-12(2)10-22-16(20)18-14(11-21-3)15(19)17-9-13-7-5-4-6-8-13/h4-8,12,14H,9-11H2,1-3H3,(H,17,19)(H,18,20). The number of hydrogen-bond donors (Lipinski definition) is 2. The minimum absolute atomic E-state index is 0.0808. The van der Waals surface area contributed by atoms with Crippen molar-refractivity contribution in [2.75, 3.05) is 20.3 Å². The largest absolute Gasteiger partial charge is 0.449 e. The maximum absolute atomic E-state index is 12.1. The molecule has 6 nitrogen and oxygen atoms in total. The van der Waals surface area contributed by atoms with Crippen LogP contribution in [0.5, 0.6) is 0 Å². The fourth-order valence-electron chi connectivity index (χ4n) is 1.68. The van der Waals surface area contributed by atoms with Gasteiger partial charge in [-0.2, -0.15) is 0 Å². The van der Waals surface area contributed by atoms with E-state index in [1.54, 1.807) is 0 Å². The van der Waals surface area contributed by atoms with E-state index in [2.05, 4.69) is 10.6 Å². The summed E-state index contributed by atoms with van der Waals surface area (Å²) in [5.74, 6) is -0.0780. The van der Waals surface area contributed by atoms with Crippen molar-refractivity contribution in [1.29, 1.82) is 0 Å². The first-order chi connectivity index (χ1) is 10.5. The molecular weight excluding hydrogens is 284 g/mol. The van der Waals surface area contributed by atoms with Crippen molar-refractivity contribution in [3.8, 4) is 0 Å². The van der Waals surface area contributed by atoms with Crippen LogP contribution in [0.25, 0.3) is 0 Å². The van der Waals surface area contributed by atoms with Crippen LogP contribution in [0.15, 0.2) is 30.3 Å². The normalized spacial score (nSPS) is 11.8. The molecule has 1 atom stereocenters. The summed E-state index contributed by atoms with van der Waals surface area (Å²) in [7, 11) is 1.47. The van der Waals surface area contributed by atoms with Crippen molar-refractivity contribution in [3.05, 3.63) is 35.9 Å². The average Bonchev–Trinajstić information content (AvgIpc) is 2.51. The molecule has 0 heterocycles. The highest BCUT2D eigenvalue weighted by Gasteiger charge is 2.21. The van der Waals surface area contributed by atoms with Gasteiger partial charge < -0.3 is 20.1 Å². The average molecular weight is 308 g/mol. The van der Waals surface area contributed by atoms with Gasteiger partial charge in [0, 0.05) is 13.7 Å². The van der Waals surface area contributed by atoms with E-state index in [-0.39, 0.29) is 18.4 Å². The summed E-state index contributed by atoms with van der Waals surface area (Å²) in [6.07, 6.45) is -0.620. The Hall–Kier alpha value is -2.08. The third-order valence-electron chi connectivity index (χ3n) is 2.80. The molecule has 1 unspecified atom stereocenters. The smallest absolute Gasteiger partial charge is 0.407 e. The van der Waals surface area contributed by atoms with E-state index in [9.17, 15) is 9.59 Å². The summed E-state index contributed by atoms with van der Waals surface area (Å²) in [5.41, 5.74) is 0.981. The number of rotatable bonds is 8. The number of alkyl carbamates (subject to hydrolysis) is 1. The Morgan fingerprint density at radius 2 is 1.82 bits per heavy atom. The van der Waals surface area contributed by atoms with Gasteiger partial charge in [-0.15, -0.1) is 0 Å². The molecular formula is C16H24N2O4. The molecule has 0 aliphatic heterocycles. The summed E-state index contributed by atoms with van der Waals surface area (Å²) in [5, 5.41) is 5.28. The lowest BCUT2D eigenvalue weighted by Gasteiger charge is -2.18. The van der Waals surface area contributed by atoms with E-state index in [4.69, 9.17) is 9.47 Å². The van der Waals surface area contributed by atoms with Crippen LogP contribution in [0.2, 0.25) is 0 Å². The Bertz CT molecular complexity index is 462. The molecule has 6 heteroatoms. The predicted molar refractivity (Wildman–Crippen MR) is 83.3 cm³/mol. The number of nitrogens with one attached hydrogen (secondary N) is 2. The highest BCUT2D eigenvalue weighted by molar-refractivity contribution is 5.85. The minimum Gasteiger partial charge on any atom is -0.449 e. The van der Waals surface area contributed by atoms with Crippen LogP contribution in [0.1, 0.15) is 19.4 Å². The van der Waals surface area contributed by atoms with E-state index in [0.717, 1.165) is 5.56 Å². The van der Waals surface area contributed by atoms with Crippen molar-refractivity contribution in [1.82, 2.24) is 10.6 Å². The van der Waals surface area contributed by atoms with Crippen LogP contribution in [-0.2, 0) is 20.8 Å². The SMILES string of the molecule is COCC(NC(=O)OCC(C)C)C(=O)NCc1ccccc1. The molecule has 0 fully saturated rings. The first kappa shape index (κ1) is 18.0. The molecule has 2 amide bonds. The number of carbonyl (C=O) groups is 2. The third kappa shape index (κ3) is 7.08. The lowest BCUT2D eigenvalue weighted by Crippen LogP contribution is -2.49. The molecule has 0 bridgehead atoms. The Morgan fingerprint density at radius 3 is 2.41 bits per heavy atom. The molecule has 22 heavy (non-hydrogen) atoms. The summed E-state index contributed by atoms with van der Waals surface area (Å²) in [6, 6.07) is 8.75. The second-order valence-electron chi connectivity index (χ2n) is 5.35. The molecule has 0 radical (unpaired) electrons. The van der Waals surface area contributed by atoms with Gasteiger partial charge in [0.15, 0.2) is 0 Å². The van der Waals surface area contributed by atoms with Crippen molar-refractivity contribution < 1.29 is 19.1 Å². The van der Waals surface area contributed by atoms with Gasteiger partial charge in [0.1, 0.15) is 6.04 Å². The molecule has 0 aliphatic carbocycles. The number of carbonyl (C=O) groups excluding carboxylic acids is 2. The van der Waals surface area contributed by atoms with E-state index in [1.165, 1.54) is 7.11 Å². The first-order valence-electron chi connectivity index (χ1n) is 7.26. The summed E-state index contributed by atoms with van der Waals surface area (Å²) in [4.78, 5) is 23.8.